The van der Waals surface area contributed by atoms with Gasteiger partial charge in [0.1, 0.15) is 6.17 Å². The number of ether oxygens (including phenoxy) is 1. The zero-order valence-corrected chi connectivity index (χ0v) is 12.8. The number of carbonyl (C=O) groups excluding carboxylic acids is 1. The smallest absolute Gasteiger partial charge is 0.254 e. The van der Waals surface area contributed by atoms with Gasteiger partial charge in [0, 0.05) is 23.7 Å². The van der Waals surface area contributed by atoms with Crippen LogP contribution < -0.4 is 5.73 Å². The standard InChI is InChI=1S/C16H21FN2O3/c1-16(2,21)14(17)6-19-5-9-3-13(18)11(10-7-22-8-10)4-12(9)15(19)20/h3-4,10,14,21H,5-8,18H2,1-2H3. The number of halogens is 1. The predicted octanol–water partition coefficient (Wildman–Crippen LogP) is 1.45. The van der Waals surface area contributed by atoms with Crippen molar-refractivity contribution in [3.05, 3.63) is 28.8 Å². The van der Waals surface area contributed by atoms with Crippen molar-refractivity contribution in [3.63, 3.8) is 0 Å². The summed E-state index contributed by atoms with van der Waals surface area (Å²) in [7, 11) is 0. The second-order valence-corrected chi connectivity index (χ2v) is 6.68. The molecule has 0 aromatic heterocycles. The number of hydrogen-bond donors (Lipinski definition) is 2. The van der Waals surface area contributed by atoms with Crippen molar-refractivity contribution in [2.75, 3.05) is 25.5 Å². The molecular formula is C16H21FN2O3. The van der Waals surface area contributed by atoms with Gasteiger partial charge in [-0.15, -0.1) is 0 Å². The molecule has 1 saturated heterocycles. The van der Waals surface area contributed by atoms with Crippen LogP contribution in [0.5, 0.6) is 0 Å². The molecule has 2 heterocycles. The Morgan fingerprint density at radius 1 is 1.50 bits per heavy atom. The molecule has 6 heteroatoms. The van der Waals surface area contributed by atoms with Gasteiger partial charge in [-0.05, 0) is 37.1 Å². The van der Waals surface area contributed by atoms with Gasteiger partial charge in [-0.3, -0.25) is 4.79 Å². The topological polar surface area (TPSA) is 75.8 Å². The highest BCUT2D eigenvalue weighted by Gasteiger charge is 2.35. The molecule has 1 aromatic rings. The Hall–Kier alpha value is -1.66. The molecule has 3 N–H and O–H groups in total. The molecule has 1 amide bonds. The second kappa shape index (κ2) is 5.21. The first kappa shape index (κ1) is 15.2. The van der Waals surface area contributed by atoms with Crippen LogP contribution >= 0.6 is 0 Å². The maximum absolute atomic E-state index is 14.0. The normalized spacial score (nSPS) is 20.0. The number of carbonyl (C=O) groups is 1. The van der Waals surface area contributed by atoms with Crippen LogP contribution in [0, 0.1) is 0 Å². The lowest BCUT2D eigenvalue weighted by molar-refractivity contribution is -0.0159. The maximum atomic E-state index is 14.0. The number of hydrogen-bond acceptors (Lipinski definition) is 4. The summed E-state index contributed by atoms with van der Waals surface area (Å²) in [5.41, 5.74) is 7.58. The van der Waals surface area contributed by atoms with E-state index in [-0.39, 0.29) is 18.4 Å². The molecule has 2 aliphatic rings. The lowest BCUT2D eigenvalue weighted by Crippen LogP contribution is -2.42. The summed E-state index contributed by atoms with van der Waals surface area (Å²) in [6.07, 6.45) is -1.50. The van der Waals surface area contributed by atoms with Crippen molar-refractivity contribution < 1.29 is 19.0 Å². The minimum atomic E-state index is -1.50. The van der Waals surface area contributed by atoms with Gasteiger partial charge in [-0.2, -0.15) is 0 Å². The number of rotatable bonds is 4. The Morgan fingerprint density at radius 3 is 2.73 bits per heavy atom. The first-order valence-corrected chi connectivity index (χ1v) is 7.43. The molecule has 0 spiro atoms. The van der Waals surface area contributed by atoms with E-state index in [4.69, 9.17) is 10.5 Å². The van der Waals surface area contributed by atoms with Gasteiger partial charge in [0.25, 0.3) is 5.91 Å². The SMILES string of the molecule is CC(C)(O)C(F)CN1Cc2cc(N)c(C3COC3)cc2C1=O. The fourth-order valence-electron chi connectivity index (χ4n) is 2.79. The summed E-state index contributed by atoms with van der Waals surface area (Å²) in [5, 5.41) is 9.70. The third-order valence-corrected chi connectivity index (χ3v) is 4.41. The van der Waals surface area contributed by atoms with Crippen LogP contribution in [0.2, 0.25) is 0 Å². The van der Waals surface area contributed by atoms with Crippen LogP contribution in [0.15, 0.2) is 12.1 Å². The monoisotopic (exact) mass is 308 g/mol. The summed E-state index contributed by atoms with van der Waals surface area (Å²) >= 11 is 0. The van der Waals surface area contributed by atoms with Gasteiger partial charge in [0.15, 0.2) is 0 Å². The van der Waals surface area contributed by atoms with E-state index >= 15 is 0 Å². The fraction of sp³-hybridized carbons (Fsp3) is 0.562. The van der Waals surface area contributed by atoms with Crippen molar-refractivity contribution in [2.45, 2.75) is 38.1 Å². The predicted molar refractivity (Wildman–Crippen MR) is 80.3 cm³/mol. The molecule has 120 valence electrons. The second-order valence-electron chi connectivity index (χ2n) is 6.68. The minimum absolute atomic E-state index is 0.126. The van der Waals surface area contributed by atoms with E-state index in [0.29, 0.717) is 31.0 Å². The summed E-state index contributed by atoms with van der Waals surface area (Å²) in [6, 6.07) is 3.62. The maximum Gasteiger partial charge on any atom is 0.254 e. The highest BCUT2D eigenvalue weighted by Crippen LogP contribution is 2.34. The first-order chi connectivity index (χ1) is 10.3. The Bertz CT molecular complexity index is 608. The largest absolute Gasteiger partial charge is 0.398 e. The minimum Gasteiger partial charge on any atom is -0.398 e. The molecule has 5 nitrogen and oxygen atoms in total. The number of alkyl halides is 1. The van der Waals surface area contributed by atoms with Gasteiger partial charge in [0.2, 0.25) is 0 Å². The molecule has 0 radical (unpaired) electrons. The number of fused-ring (bicyclic) bond motifs is 1. The molecule has 0 aliphatic carbocycles. The Labute approximate surface area is 128 Å². The highest BCUT2D eigenvalue weighted by molar-refractivity contribution is 5.99. The van der Waals surface area contributed by atoms with Crippen molar-refractivity contribution in [2.24, 2.45) is 0 Å². The summed E-state index contributed by atoms with van der Waals surface area (Å²) < 4.78 is 19.2. The molecular weight excluding hydrogens is 287 g/mol. The van der Waals surface area contributed by atoms with Crippen LogP contribution in [-0.2, 0) is 11.3 Å². The number of benzene rings is 1. The number of nitrogens with two attached hydrogens (primary N) is 1. The van der Waals surface area contributed by atoms with E-state index < -0.39 is 11.8 Å². The van der Waals surface area contributed by atoms with Gasteiger partial charge in [-0.25, -0.2) is 4.39 Å². The number of anilines is 1. The van der Waals surface area contributed by atoms with Crippen LogP contribution in [0.25, 0.3) is 0 Å². The summed E-state index contributed by atoms with van der Waals surface area (Å²) in [6.45, 7) is 4.24. The van der Waals surface area contributed by atoms with Gasteiger partial charge >= 0.3 is 0 Å². The lowest BCUT2D eigenvalue weighted by Gasteiger charge is -2.27. The first-order valence-electron chi connectivity index (χ1n) is 7.43. The molecule has 0 saturated carbocycles. The molecule has 1 atom stereocenters. The lowest BCUT2D eigenvalue weighted by atomic mass is 9.92. The van der Waals surface area contributed by atoms with Gasteiger partial charge in [0.05, 0.1) is 25.4 Å². The summed E-state index contributed by atoms with van der Waals surface area (Å²) in [4.78, 5) is 13.9. The Morgan fingerprint density at radius 2 is 2.18 bits per heavy atom. The van der Waals surface area contributed by atoms with E-state index in [9.17, 15) is 14.3 Å². The highest BCUT2D eigenvalue weighted by atomic mass is 19.1. The molecule has 1 fully saturated rings. The van der Waals surface area contributed by atoms with E-state index in [1.807, 2.05) is 6.07 Å². The van der Waals surface area contributed by atoms with Crippen molar-refractivity contribution >= 4 is 11.6 Å². The van der Waals surface area contributed by atoms with E-state index in [2.05, 4.69) is 0 Å². The average Bonchev–Trinajstić information content (AvgIpc) is 2.63. The van der Waals surface area contributed by atoms with E-state index in [0.717, 1.165) is 11.1 Å². The quantitative estimate of drug-likeness (QED) is 0.826. The van der Waals surface area contributed by atoms with Gasteiger partial charge < -0.3 is 20.5 Å². The fourth-order valence-corrected chi connectivity index (χ4v) is 2.79. The Balaban J connectivity index is 1.82. The molecule has 0 bridgehead atoms. The summed E-state index contributed by atoms with van der Waals surface area (Å²) in [5.74, 6) is 0.0286. The molecule has 1 unspecified atom stereocenters. The molecule has 1 aromatic carbocycles. The number of nitrogens with zero attached hydrogens (tertiary/aromatic N) is 1. The third kappa shape index (κ3) is 2.57. The number of amides is 1. The Kier molecular flexibility index (Phi) is 3.61. The zero-order chi connectivity index (χ0) is 16.1. The van der Waals surface area contributed by atoms with E-state index in [1.54, 1.807) is 6.07 Å². The average molecular weight is 308 g/mol. The van der Waals surface area contributed by atoms with Crippen LogP contribution in [0.1, 0.15) is 41.3 Å². The van der Waals surface area contributed by atoms with Crippen LogP contribution in [0.4, 0.5) is 10.1 Å². The van der Waals surface area contributed by atoms with Crippen LogP contribution in [-0.4, -0.2) is 47.4 Å². The number of nitrogen functional groups attached to an aromatic ring is 1. The number of aliphatic hydroxyl groups is 1. The zero-order valence-electron chi connectivity index (χ0n) is 12.8. The van der Waals surface area contributed by atoms with Crippen molar-refractivity contribution in [3.8, 4) is 0 Å². The van der Waals surface area contributed by atoms with Crippen LogP contribution in [0.3, 0.4) is 0 Å². The molecule has 2 aliphatic heterocycles. The van der Waals surface area contributed by atoms with Gasteiger partial charge in [-0.1, -0.05) is 0 Å². The molecule has 22 heavy (non-hydrogen) atoms. The van der Waals surface area contributed by atoms with Crippen molar-refractivity contribution in [1.29, 1.82) is 0 Å². The molecule has 3 rings (SSSR count). The van der Waals surface area contributed by atoms with Crippen molar-refractivity contribution in [1.82, 2.24) is 4.90 Å². The third-order valence-electron chi connectivity index (χ3n) is 4.41. The van der Waals surface area contributed by atoms with E-state index in [1.165, 1.54) is 18.7 Å².